The second kappa shape index (κ2) is 23.3. The molecule has 0 spiro atoms. The number of carbonyl (C=O) groups excluding carboxylic acids is 6. The van der Waals surface area contributed by atoms with Gasteiger partial charge in [-0.1, -0.05) is 59.1 Å². The Kier molecular flexibility index (Phi) is 17.9. The molecule has 0 radical (unpaired) electrons. The van der Waals surface area contributed by atoms with Crippen LogP contribution >= 0.6 is 58.0 Å². The fraction of sp³-hybridized carbons (Fsp3) is 0.217. The highest BCUT2D eigenvalue weighted by atomic mass is 35.5. The Morgan fingerprint density at radius 1 is 0.530 bits per heavy atom. The first kappa shape index (κ1) is 50.8. The number of benzene rings is 5. The predicted octanol–water partition coefficient (Wildman–Crippen LogP) is 12.4. The third kappa shape index (κ3) is 14.6. The number of amides is 4. The average molecular weight is 995 g/mol. The molecule has 0 bridgehead atoms. The van der Waals surface area contributed by atoms with Crippen molar-refractivity contribution in [3.05, 3.63) is 135 Å². The van der Waals surface area contributed by atoms with Crippen molar-refractivity contribution in [3.8, 4) is 5.75 Å². The van der Waals surface area contributed by atoms with Crippen LogP contribution in [-0.2, 0) is 19.2 Å². The summed E-state index contributed by atoms with van der Waals surface area (Å²) in [4.78, 5) is 78.5. The number of Topliss-reactive ketones (excluding diaryl/α,β-unsaturated/α-hetero) is 2. The molecule has 20 heteroatoms. The van der Waals surface area contributed by atoms with Crippen molar-refractivity contribution in [1.29, 1.82) is 0 Å². The molecule has 0 aromatic heterocycles. The van der Waals surface area contributed by atoms with Crippen LogP contribution < -0.4 is 26.0 Å². The Morgan fingerprint density at radius 3 is 1.39 bits per heavy atom. The van der Waals surface area contributed by atoms with E-state index in [0.717, 1.165) is 25.0 Å². The van der Waals surface area contributed by atoms with Gasteiger partial charge < -0.3 is 26.0 Å². The van der Waals surface area contributed by atoms with Gasteiger partial charge in [0.15, 0.2) is 17.1 Å². The van der Waals surface area contributed by atoms with Gasteiger partial charge in [-0.2, -0.15) is 20.5 Å². The van der Waals surface area contributed by atoms with Crippen molar-refractivity contribution in [2.75, 3.05) is 21.3 Å². The maximum atomic E-state index is 13.5. The molecular formula is C46H41Cl5N8O7. The second-order valence-electron chi connectivity index (χ2n) is 14.6. The minimum Gasteiger partial charge on any atom is -0.473 e. The first-order valence-corrected chi connectivity index (χ1v) is 21.9. The van der Waals surface area contributed by atoms with Crippen LogP contribution in [0, 0.1) is 0 Å². The number of ether oxygens (including phenoxy) is 1. The summed E-state index contributed by atoms with van der Waals surface area (Å²) in [5, 5.41) is 26.4. The van der Waals surface area contributed by atoms with Crippen LogP contribution in [-0.4, -0.2) is 52.8 Å². The van der Waals surface area contributed by atoms with Gasteiger partial charge >= 0.3 is 0 Å². The third-order valence-electron chi connectivity index (χ3n) is 9.14. The minimum atomic E-state index is -1.66. The highest BCUT2D eigenvalue weighted by molar-refractivity contribution is 6.32. The number of anilines is 4. The van der Waals surface area contributed by atoms with Gasteiger partial charge in [-0.25, -0.2) is 0 Å². The van der Waals surface area contributed by atoms with Crippen LogP contribution in [0.25, 0.3) is 0 Å². The molecule has 342 valence electrons. The van der Waals surface area contributed by atoms with Crippen LogP contribution in [0.15, 0.2) is 124 Å². The van der Waals surface area contributed by atoms with Crippen LogP contribution in [0.1, 0.15) is 77.2 Å². The first-order valence-electron chi connectivity index (χ1n) is 19.9. The van der Waals surface area contributed by atoms with Crippen molar-refractivity contribution >= 4 is 127 Å². The van der Waals surface area contributed by atoms with Crippen molar-refractivity contribution in [2.24, 2.45) is 20.5 Å². The monoisotopic (exact) mass is 992 g/mol. The normalized spacial score (nSPS) is 13.5. The van der Waals surface area contributed by atoms with Gasteiger partial charge in [0, 0.05) is 44.3 Å². The Hall–Kier alpha value is -6.23. The van der Waals surface area contributed by atoms with E-state index in [0.29, 0.717) is 11.4 Å². The van der Waals surface area contributed by atoms with Gasteiger partial charge in [0.25, 0.3) is 23.6 Å². The lowest BCUT2D eigenvalue weighted by Gasteiger charge is -2.17. The van der Waals surface area contributed by atoms with E-state index in [1.807, 2.05) is 12.1 Å². The molecule has 0 saturated carbocycles. The lowest BCUT2D eigenvalue weighted by atomic mass is 10.1. The molecule has 4 amide bonds. The minimum absolute atomic E-state index is 0.0333. The number of rotatable bonds is 18. The summed E-state index contributed by atoms with van der Waals surface area (Å²) in [6.07, 6.45) is 0. The van der Waals surface area contributed by atoms with Crippen LogP contribution in [0.2, 0.25) is 10.0 Å². The number of nitrogens with one attached hydrogen (secondary N) is 4. The lowest BCUT2D eigenvalue weighted by Crippen LogP contribution is -2.32. The number of carbonyl (C=O) groups is 6. The number of azo groups is 2. The molecule has 5 aromatic rings. The second-order valence-corrected chi connectivity index (χ2v) is 17.4. The Morgan fingerprint density at radius 2 is 0.970 bits per heavy atom. The topological polar surface area (TPSA) is 209 Å². The van der Waals surface area contributed by atoms with Crippen LogP contribution in [0.4, 0.5) is 34.1 Å². The van der Waals surface area contributed by atoms with Gasteiger partial charge in [-0.3, -0.25) is 28.8 Å². The number of halogens is 5. The number of hydrogen-bond acceptors (Lipinski definition) is 11. The summed E-state index contributed by atoms with van der Waals surface area (Å²) < 4.78 is 5.70. The van der Waals surface area contributed by atoms with E-state index in [9.17, 15) is 28.8 Å². The Balaban J connectivity index is 1.29. The molecule has 66 heavy (non-hydrogen) atoms. The molecule has 0 aliphatic heterocycles. The van der Waals surface area contributed by atoms with Gasteiger partial charge in [0.2, 0.25) is 12.1 Å². The standard InChI is InChI=1S/C46H41Cl5N8O7/c1-23(47)28-8-6-10-34(16-28)52-43(62)30-14-32(50)20-37(18-30)56-58-41(25(3)60)45(64)54-36-12-13-39(40(22-36)66-27(5)49)55-46(65)42(26(4)61)59-57-38-19-31(15-33(51)21-38)44(63)53-35-11-7-9-29(17-35)24(2)48/h6-24,27,41-42H,1-5H3,(H,52,62)(H,53,63)(H,54,64)(H,55,65). The van der Waals surface area contributed by atoms with Crippen molar-refractivity contribution in [1.82, 2.24) is 0 Å². The lowest BCUT2D eigenvalue weighted by molar-refractivity contribution is -0.127. The number of hydrogen-bond donors (Lipinski definition) is 4. The SMILES string of the molecule is CC(=O)C(N=Nc1cc(Cl)cc(C(=O)Nc2cccc(C(C)Cl)c2)c1)C(=O)Nc1ccc(NC(=O)C(N=Nc2cc(Cl)cc(C(=O)Nc3cccc(C(C)Cl)c3)c2)C(C)=O)c(OC(C)Cl)c1. The number of ketones is 2. The number of alkyl halides is 3. The maximum Gasteiger partial charge on any atom is 0.258 e. The molecule has 15 nitrogen and oxygen atoms in total. The molecular weight excluding hydrogens is 954 g/mol. The predicted molar refractivity (Wildman–Crippen MR) is 258 cm³/mol. The zero-order valence-corrected chi connectivity index (χ0v) is 39.5. The summed E-state index contributed by atoms with van der Waals surface area (Å²) in [5.74, 6) is -4.17. The maximum absolute atomic E-state index is 13.5. The van der Waals surface area contributed by atoms with Crippen LogP contribution in [0.3, 0.4) is 0 Å². The van der Waals surface area contributed by atoms with Gasteiger partial charge in [0.05, 0.1) is 27.8 Å². The molecule has 0 saturated heterocycles. The number of nitrogens with zero attached hydrogens (tertiary/aromatic N) is 4. The van der Waals surface area contributed by atoms with E-state index in [2.05, 4.69) is 41.7 Å². The van der Waals surface area contributed by atoms with Gasteiger partial charge in [-0.15, -0.1) is 23.2 Å². The quantitative estimate of drug-likeness (QED) is 0.0379. The summed E-state index contributed by atoms with van der Waals surface area (Å²) >= 11 is 31.1. The summed E-state index contributed by atoms with van der Waals surface area (Å²) in [7, 11) is 0. The highest BCUT2D eigenvalue weighted by Gasteiger charge is 2.27. The fourth-order valence-corrected chi connectivity index (χ4v) is 6.76. The van der Waals surface area contributed by atoms with Crippen molar-refractivity contribution < 1.29 is 33.5 Å². The van der Waals surface area contributed by atoms with E-state index < -0.39 is 52.8 Å². The fourth-order valence-electron chi connectivity index (χ4n) is 5.93. The molecule has 4 N–H and O–H groups in total. The zero-order chi connectivity index (χ0) is 48.2. The summed E-state index contributed by atoms with van der Waals surface area (Å²) in [6.45, 7) is 7.39. The van der Waals surface area contributed by atoms with E-state index in [-0.39, 0.29) is 60.4 Å². The average Bonchev–Trinajstić information content (AvgIpc) is 3.24. The molecule has 5 aromatic carbocycles. The highest BCUT2D eigenvalue weighted by Crippen LogP contribution is 2.32. The molecule has 0 fully saturated rings. The zero-order valence-electron chi connectivity index (χ0n) is 35.7. The Labute approximate surface area is 404 Å². The molecule has 5 atom stereocenters. The molecule has 0 aliphatic rings. The first-order chi connectivity index (χ1) is 31.3. The molecule has 5 unspecified atom stereocenters. The third-order valence-corrected chi connectivity index (χ3v) is 10.2. The van der Waals surface area contributed by atoms with Gasteiger partial charge in [-0.05, 0) is 119 Å². The van der Waals surface area contributed by atoms with E-state index in [1.54, 1.807) is 50.2 Å². The smallest absolute Gasteiger partial charge is 0.258 e. The molecule has 5 rings (SSSR count). The summed E-state index contributed by atoms with van der Waals surface area (Å²) in [6, 6.07) is 23.2. The molecule has 0 heterocycles. The van der Waals surface area contributed by atoms with Gasteiger partial charge in [0.1, 0.15) is 5.75 Å². The Bertz CT molecular complexity index is 2730. The van der Waals surface area contributed by atoms with E-state index >= 15 is 0 Å². The largest absolute Gasteiger partial charge is 0.473 e. The van der Waals surface area contributed by atoms with E-state index in [1.165, 1.54) is 61.5 Å². The van der Waals surface area contributed by atoms with Crippen LogP contribution in [0.5, 0.6) is 5.75 Å². The summed E-state index contributed by atoms with van der Waals surface area (Å²) in [5.41, 5.74) is 2.23. The van der Waals surface area contributed by atoms with Crippen molar-refractivity contribution in [2.45, 2.75) is 63.0 Å². The van der Waals surface area contributed by atoms with E-state index in [4.69, 9.17) is 62.7 Å². The van der Waals surface area contributed by atoms with Crippen molar-refractivity contribution in [3.63, 3.8) is 0 Å². The molecule has 0 aliphatic carbocycles.